The number of methoxy groups -OCH3 is 1. The first-order valence-corrected chi connectivity index (χ1v) is 5.70. The van der Waals surface area contributed by atoms with Crippen molar-refractivity contribution in [2.75, 3.05) is 25.1 Å². The molecule has 4 heteroatoms. The molecule has 0 aromatic carbocycles. The summed E-state index contributed by atoms with van der Waals surface area (Å²) in [5.74, 6) is 1.02. The summed E-state index contributed by atoms with van der Waals surface area (Å²) in [6.07, 6.45) is 3.28. The Kier molecular flexibility index (Phi) is 3.41. The zero-order valence-corrected chi connectivity index (χ0v) is 9.89. The Hall–Kier alpha value is -1.13. The van der Waals surface area contributed by atoms with Gasteiger partial charge >= 0.3 is 0 Å². The molecule has 0 aliphatic carbocycles. The monoisotopic (exact) mass is 221 g/mol. The normalized spacial score (nSPS) is 22.4. The molecule has 0 spiro atoms. The van der Waals surface area contributed by atoms with Crippen molar-refractivity contribution in [2.45, 2.75) is 25.5 Å². The molecule has 1 aromatic rings. The van der Waals surface area contributed by atoms with E-state index in [0.29, 0.717) is 6.10 Å². The summed E-state index contributed by atoms with van der Waals surface area (Å²) in [4.78, 5) is 6.69. The topological polar surface area (TPSA) is 51.4 Å². The van der Waals surface area contributed by atoms with Gasteiger partial charge in [0.05, 0.1) is 6.10 Å². The SMILES string of the molecule is COC1CCN(c2ccc([C@@H](C)N)cn2)C1. The fraction of sp³-hybridized carbons (Fsp3) is 0.583. The number of nitrogens with two attached hydrogens (primary N) is 1. The maximum Gasteiger partial charge on any atom is 0.128 e. The second-order valence-electron chi connectivity index (χ2n) is 4.33. The van der Waals surface area contributed by atoms with E-state index in [2.05, 4.69) is 9.88 Å². The van der Waals surface area contributed by atoms with Gasteiger partial charge in [-0.25, -0.2) is 4.98 Å². The van der Waals surface area contributed by atoms with Crippen LogP contribution in [0.25, 0.3) is 0 Å². The molecular weight excluding hydrogens is 202 g/mol. The summed E-state index contributed by atoms with van der Waals surface area (Å²) in [5, 5.41) is 0. The van der Waals surface area contributed by atoms with E-state index in [4.69, 9.17) is 10.5 Å². The van der Waals surface area contributed by atoms with Gasteiger partial charge in [-0.15, -0.1) is 0 Å². The summed E-state index contributed by atoms with van der Waals surface area (Å²) in [7, 11) is 1.76. The minimum Gasteiger partial charge on any atom is -0.380 e. The maximum absolute atomic E-state index is 5.79. The van der Waals surface area contributed by atoms with Gasteiger partial charge in [-0.3, -0.25) is 0 Å². The summed E-state index contributed by atoms with van der Waals surface area (Å²) >= 11 is 0. The Morgan fingerprint density at radius 1 is 1.56 bits per heavy atom. The average Bonchev–Trinajstić information content (AvgIpc) is 2.77. The Morgan fingerprint density at radius 3 is 2.88 bits per heavy atom. The molecular formula is C12H19N3O. The second kappa shape index (κ2) is 4.80. The molecule has 16 heavy (non-hydrogen) atoms. The second-order valence-corrected chi connectivity index (χ2v) is 4.33. The number of aromatic nitrogens is 1. The van der Waals surface area contributed by atoms with Gasteiger partial charge in [0.2, 0.25) is 0 Å². The van der Waals surface area contributed by atoms with Gasteiger partial charge in [0, 0.05) is 32.4 Å². The lowest BCUT2D eigenvalue weighted by Gasteiger charge is -2.17. The minimum absolute atomic E-state index is 0.0480. The van der Waals surface area contributed by atoms with Gasteiger partial charge in [0.15, 0.2) is 0 Å². The molecule has 2 heterocycles. The first-order chi connectivity index (χ1) is 7.70. The van der Waals surface area contributed by atoms with Gasteiger partial charge in [0.1, 0.15) is 5.82 Å². The molecule has 1 aromatic heterocycles. The van der Waals surface area contributed by atoms with Crippen LogP contribution >= 0.6 is 0 Å². The Labute approximate surface area is 96.4 Å². The van der Waals surface area contributed by atoms with Crippen LogP contribution in [0.1, 0.15) is 24.9 Å². The van der Waals surface area contributed by atoms with Crippen molar-refractivity contribution in [1.29, 1.82) is 0 Å². The smallest absolute Gasteiger partial charge is 0.128 e. The van der Waals surface area contributed by atoms with Crippen molar-refractivity contribution in [3.8, 4) is 0 Å². The fourth-order valence-electron chi connectivity index (χ4n) is 1.98. The van der Waals surface area contributed by atoms with Crippen molar-refractivity contribution in [3.63, 3.8) is 0 Å². The molecule has 1 unspecified atom stereocenters. The highest BCUT2D eigenvalue weighted by molar-refractivity contribution is 5.41. The predicted molar refractivity (Wildman–Crippen MR) is 64.5 cm³/mol. The molecule has 1 fully saturated rings. The molecule has 2 atom stereocenters. The third kappa shape index (κ3) is 2.33. The van der Waals surface area contributed by atoms with Crippen LogP contribution in [0.4, 0.5) is 5.82 Å². The van der Waals surface area contributed by atoms with Gasteiger partial charge in [-0.2, -0.15) is 0 Å². The molecule has 1 saturated heterocycles. The Balaban J connectivity index is 2.05. The quantitative estimate of drug-likeness (QED) is 0.836. The van der Waals surface area contributed by atoms with Crippen LogP contribution in [-0.4, -0.2) is 31.3 Å². The van der Waals surface area contributed by atoms with Crippen molar-refractivity contribution < 1.29 is 4.74 Å². The van der Waals surface area contributed by atoms with Crippen LogP contribution in [0.15, 0.2) is 18.3 Å². The van der Waals surface area contributed by atoms with E-state index in [9.17, 15) is 0 Å². The fourth-order valence-corrected chi connectivity index (χ4v) is 1.98. The number of nitrogens with zero attached hydrogens (tertiary/aromatic N) is 2. The predicted octanol–water partition coefficient (Wildman–Crippen LogP) is 1.33. The van der Waals surface area contributed by atoms with Gasteiger partial charge in [0.25, 0.3) is 0 Å². The highest BCUT2D eigenvalue weighted by atomic mass is 16.5. The molecule has 1 aliphatic heterocycles. The molecule has 88 valence electrons. The third-order valence-corrected chi connectivity index (χ3v) is 3.10. The van der Waals surface area contributed by atoms with Crippen molar-refractivity contribution in [3.05, 3.63) is 23.9 Å². The van der Waals surface area contributed by atoms with Crippen LogP contribution in [0, 0.1) is 0 Å². The highest BCUT2D eigenvalue weighted by Crippen LogP contribution is 2.20. The van der Waals surface area contributed by atoms with E-state index in [-0.39, 0.29) is 6.04 Å². The number of hydrogen-bond donors (Lipinski definition) is 1. The van der Waals surface area contributed by atoms with E-state index in [1.165, 1.54) is 0 Å². The van der Waals surface area contributed by atoms with Crippen LogP contribution < -0.4 is 10.6 Å². The number of pyridine rings is 1. The summed E-state index contributed by atoms with van der Waals surface area (Å²) < 4.78 is 5.34. The summed E-state index contributed by atoms with van der Waals surface area (Å²) in [6, 6.07) is 4.14. The largest absolute Gasteiger partial charge is 0.380 e. The molecule has 1 aliphatic rings. The van der Waals surface area contributed by atoms with Gasteiger partial charge < -0.3 is 15.4 Å². The van der Waals surface area contributed by atoms with Crippen molar-refractivity contribution >= 4 is 5.82 Å². The van der Waals surface area contributed by atoms with Crippen LogP contribution in [0.3, 0.4) is 0 Å². The van der Waals surface area contributed by atoms with Crippen LogP contribution in [0.2, 0.25) is 0 Å². The van der Waals surface area contributed by atoms with E-state index in [1.54, 1.807) is 7.11 Å². The van der Waals surface area contributed by atoms with E-state index >= 15 is 0 Å². The molecule has 2 N–H and O–H groups in total. The van der Waals surface area contributed by atoms with Gasteiger partial charge in [-0.05, 0) is 25.0 Å². The lowest BCUT2D eigenvalue weighted by molar-refractivity contribution is 0.121. The first kappa shape index (κ1) is 11.4. The molecule has 4 nitrogen and oxygen atoms in total. The Bertz CT molecular complexity index is 337. The minimum atomic E-state index is 0.0480. The number of ether oxygens (including phenoxy) is 1. The maximum atomic E-state index is 5.79. The van der Waals surface area contributed by atoms with Crippen LogP contribution in [-0.2, 0) is 4.74 Å². The lowest BCUT2D eigenvalue weighted by atomic mass is 10.1. The van der Waals surface area contributed by atoms with E-state index in [0.717, 1.165) is 30.9 Å². The molecule has 0 radical (unpaired) electrons. The number of hydrogen-bond acceptors (Lipinski definition) is 4. The molecule has 0 amide bonds. The number of anilines is 1. The lowest BCUT2D eigenvalue weighted by Crippen LogP contribution is -2.23. The highest BCUT2D eigenvalue weighted by Gasteiger charge is 2.22. The molecule has 0 saturated carbocycles. The number of rotatable bonds is 3. The van der Waals surface area contributed by atoms with E-state index in [1.807, 2.05) is 25.3 Å². The third-order valence-electron chi connectivity index (χ3n) is 3.10. The zero-order valence-electron chi connectivity index (χ0n) is 9.89. The summed E-state index contributed by atoms with van der Waals surface area (Å²) in [6.45, 7) is 3.91. The standard InChI is InChI=1S/C12H19N3O/c1-9(13)10-3-4-12(14-7-10)15-6-5-11(8-15)16-2/h3-4,7,9,11H,5-6,8,13H2,1-2H3/t9-,11?/m1/s1. The first-order valence-electron chi connectivity index (χ1n) is 5.70. The van der Waals surface area contributed by atoms with Gasteiger partial charge in [-0.1, -0.05) is 6.07 Å². The Morgan fingerprint density at radius 2 is 2.38 bits per heavy atom. The molecule has 2 rings (SSSR count). The van der Waals surface area contributed by atoms with Crippen molar-refractivity contribution in [1.82, 2.24) is 4.98 Å². The zero-order chi connectivity index (χ0) is 11.5. The average molecular weight is 221 g/mol. The molecule has 0 bridgehead atoms. The van der Waals surface area contributed by atoms with Crippen LogP contribution in [0.5, 0.6) is 0 Å². The van der Waals surface area contributed by atoms with E-state index < -0.39 is 0 Å². The van der Waals surface area contributed by atoms with Crippen molar-refractivity contribution in [2.24, 2.45) is 5.73 Å². The summed E-state index contributed by atoms with van der Waals surface area (Å²) in [5.41, 5.74) is 6.86.